The lowest BCUT2D eigenvalue weighted by Crippen LogP contribution is -2.29. The zero-order chi connectivity index (χ0) is 24.0. The molecule has 1 fully saturated rings. The number of aromatic nitrogens is 2. The Morgan fingerprint density at radius 2 is 1.82 bits per heavy atom. The molecule has 2 N–H and O–H groups in total. The Labute approximate surface area is 209 Å². The van der Waals surface area contributed by atoms with E-state index in [4.69, 9.17) is 23.8 Å². The molecule has 0 radical (unpaired) electrons. The zero-order valence-electron chi connectivity index (χ0n) is 19.2. The Balaban J connectivity index is 1.71. The largest absolute Gasteiger partial charge is 0.506 e. The Morgan fingerprint density at radius 1 is 1.00 bits per heavy atom. The molecule has 2 aromatic heterocycles. The van der Waals surface area contributed by atoms with E-state index >= 15 is 0 Å². The highest BCUT2D eigenvalue weighted by Crippen LogP contribution is 2.44. The van der Waals surface area contributed by atoms with E-state index in [1.165, 1.54) is 0 Å². The first-order valence-corrected chi connectivity index (χ1v) is 11.9. The molecule has 1 aliphatic rings. The highest BCUT2D eigenvalue weighted by atomic mass is 35.5. The summed E-state index contributed by atoms with van der Waals surface area (Å²) >= 11 is 12.1. The van der Waals surface area contributed by atoms with Crippen molar-refractivity contribution in [1.82, 2.24) is 14.9 Å². The number of anilines is 1. The van der Waals surface area contributed by atoms with Crippen LogP contribution in [0.3, 0.4) is 0 Å². The minimum Gasteiger partial charge on any atom is -0.506 e. The van der Waals surface area contributed by atoms with E-state index in [9.17, 15) is 5.11 Å². The summed E-state index contributed by atoms with van der Waals surface area (Å²) in [6, 6.07) is 21.3. The van der Waals surface area contributed by atoms with Gasteiger partial charge in [-0.05, 0) is 92.6 Å². The van der Waals surface area contributed by atoms with Crippen LogP contribution in [0, 0.1) is 20.8 Å². The quantitative estimate of drug-likeness (QED) is 0.328. The maximum absolute atomic E-state index is 10.6. The van der Waals surface area contributed by atoms with Gasteiger partial charge in [-0.1, -0.05) is 29.8 Å². The first-order valence-electron chi connectivity index (χ1n) is 11.1. The van der Waals surface area contributed by atoms with Gasteiger partial charge in [0.25, 0.3) is 0 Å². The molecule has 5 nitrogen and oxygen atoms in total. The monoisotopic (exact) mass is 488 g/mol. The van der Waals surface area contributed by atoms with Crippen molar-refractivity contribution in [3.63, 3.8) is 0 Å². The minimum absolute atomic E-state index is 0.134. The van der Waals surface area contributed by atoms with Gasteiger partial charge in [-0.25, -0.2) is 0 Å². The number of nitrogens with zero attached hydrogens (tertiary/aromatic N) is 3. The molecule has 34 heavy (non-hydrogen) atoms. The number of halogens is 1. The van der Waals surface area contributed by atoms with Crippen molar-refractivity contribution in [2.45, 2.75) is 32.9 Å². The summed E-state index contributed by atoms with van der Waals surface area (Å²) in [5.74, 6) is 0.176. The molecule has 0 aliphatic carbocycles. The first kappa shape index (κ1) is 22.4. The van der Waals surface area contributed by atoms with Crippen LogP contribution >= 0.6 is 23.8 Å². The molecule has 0 unspecified atom stereocenters. The SMILES string of the molecule is Cc1cccc(N2C(=S)N[C@@H](c3ccccn3)[C@@H]2c2cc(C)n(-c3cc(Cl)ccc3O)c2C)c1. The molecular weight excluding hydrogens is 464 g/mol. The fraction of sp³-hybridized carbons (Fsp3) is 0.185. The summed E-state index contributed by atoms with van der Waals surface area (Å²) in [4.78, 5) is 6.82. The number of hydrogen-bond donors (Lipinski definition) is 2. The van der Waals surface area contributed by atoms with E-state index in [1.807, 2.05) is 35.8 Å². The maximum Gasteiger partial charge on any atom is 0.174 e. The topological polar surface area (TPSA) is 53.3 Å². The second kappa shape index (κ2) is 8.78. The van der Waals surface area contributed by atoms with Crippen molar-refractivity contribution in [3.05, 3.63) is 106 Å². The number of phenolic OH excluding ortho intramolecular Hbond substituents is 1. The van der Waals surface area contributed by atoms with Gasteiger partial charge in [0.2, 0.25) is 0 Å². The van der Waals surface area contributed by atoms with Crippen LogP contribution in [0.25, 0.3) is 5.69 Å². The second-order valence-electron chi connectivity index (χ2n) is 8.63. The number of hydrogen-bond acceptors (Lipinski definition) is 3. The van der Waals surface area contributed by atoms with Gasteiger partial charge in [-0.2, -0.15) is 0 Å². The van der Waals surface area contributed by atoms with Gasteiger partial charge in [-0.15, -0.1) is 0 Å². The number of nitrogens with one attached hydrogen (secondary N) is 1. The van der Waals surface area contributed by atoms with E-state index in [0.717, 1.165) is 33.9 Å². The van der Waals surface area contributed by atoms with Gasteiger partial charge in [0.15, 0.2) is 5.11 Å². The molecule has 0 spiro atoms. The van der Waals surface area contributed by atoms with Crippen molar-refractivity contribution in [3.8, 4) is 11.4 Å². The van der Waals surface area contributed by atoms with Crippen LogP contribution in [0.15, 0.2) is 72.9 Å². The second-order valence-corrected chi connectivity index (χ2v) is 9.45. The highest BCUT2D eigenvalue weighted by molar-refractivity contribution is 7.80. The molecular formula is C27H25ClN4OS. The lowest BCUT2D eigenvalue weighted by atomic mass is 9.96. The van der Waals surface area contributed by atoms with Crippen molar-refractivity contribution >= 4 is 34.6 Å². The molecule has 2 aromatic carbocycles. The molecule has 0 bridgehead atoms. The Bertz CT molecular complexity index is 1380. The summed E-state index contributed by atoms with van der Waals surface area (Å²) in [6.45, 7) is 6.17. The smallest absolute Gasteiger partial charge is 0.174 e. The van der Waals surface area contributed by atoms with Crippen LogP contribution in [0.4, 0.5) is 5.69 Å². The first-order chi connectivity index (χ1) is 16.3. The summed E-state index contributed by atoms with van der Waals surface area (Å²) in [5, 5.41) is 15.4. The molecule has 0 saturated carbocycles. The number of phenols is 1. The third-order valence-corrected chi connectivity index (χ3v) is 6.89. The molecule has 172 valence electrons. The van der Waals surface area contributed by atoms with E-state index in [1.54, 1.807) is 24.4 Å². The van der Waals surface area contributed by atoms with Crippen molar-refractivity contribution < 1.29 is 5.11 Å². The molecule has 3 heterocycles. The van der Waals surface area contributed by atoms with E-state index in [2.05, 4.69) is 53.3 Å². The number of benzene rings is 2. The van der Waals surface area contributed by atoms with Crippen LogP contribution in [0.2, 0.25) is 5.02 Å². The van der Waals surface area contributed by atoms with Crippen molar-refractivity contribution in [1.29, 1.82) is 0 Å². The minimum atomic E-state index is -0.142. The lowest BCUT2D eigenvalue weighted by Gasteiger charge is -2.28. The number of aryl methyl sites for hydroxylation is 2. The highest BCUT2D eigenvalue weighted by Gasteiger charge is 2.42. The summed E-state index contributed by atoms with van der Waals surface area (Å²) in [6.07, 6.45) is 1.81. The van der Waals surface area contributed by atoms with E-state index in [0.29, 0.717) is 15.8 Å². The third-order valence-electron chi connectivity index (χ3n) is 6.35. The van der Waals surface area contributed by atoms with Gasteiger partial charge >= 0.3 is 0 Å². The fourth-order valence-electron chi connectivity index (χ4n) is 4.86. The van der Waals surface area contributed by atoms with Crippen LogP contribution < -0.4 is 10.2 Å². The summed E-state index contributed by atoms with van der Waals surface area (Å²) < 4.78 is 2.04. The Morgan fingerprint density at radius 3 is 2.56 bits per heavy atom. The number of aromatic hydroxyl groups is 1. The standard InChI is InChI=1S/C27H25ClN4OS/c1-16-7-6-8-20(13-16)32-26(25(30-27(32)34)22-9-4-5-12-29-22)21-14-17(2)31(18(21)3)23-15-19(28)10-11-24(23)33/h4-15,25-26,33H,1-3H3,(H,30,34)/t25-,26-/m0/s1. The van der Waals surface area contributed by atoms with Gasteiger partial charge < -0.3 is 19.9 Å². The Kier molecular flexibility index (Phi) is 5.80. The molecule has 4 aromatic rings. The summed E-state index contributed by atoms with van der Waals surface area (Å²) in [5.41, 5.74) is 6.85. The molecule has 5 rings (SSSR count). The fourth-order valence-corrected chi connectivity index (χ4v) is 5.37. The predicted molar refractivity (Wildman–Crippen MR) is 141 cm³/mol. The van der Waals surface area contributed by atoms with Crippen LogP contribution in [0.1, 0.15) is 40.3 Å². The van der Waals surface area contributed by atoms with E-state index in [-0.39, 0.29) is 17.8 Å². The van der Waals surface area contributed by atoms with Gasteiger partial charge in [0.05, 0.1) is 23.5 Å². The molecule has 1 aliphatic heterocycles. The molecule has 2 atom stereocenters. The van der Waals surface area contributed by atoms with Gasteiger partial charge in [0, 0.05) is 28.3 Å². The average molecular weight is 489 g/mol. The normalized spacial score (nSPS) is 17.8. The number of pyridine rings is 1. The van der Waals surface area contributed by atoms with Crippen molar-refractivity contribution in [2.75, 3.05) is 4.90 Å². The lowest BCUT2D eigenvalue weighted by molar-refractivity contribution is 0.471. The summed E-state index contributed by atoms with van der Waals surface area (Å²) in [7, 11) is 0. The molecule has 7 heteroatoms. The molecule has 1 saturated heterocycles. The maximum atomic E-state index is 10.6. The number of thiocarbonyl (C=S) groups is 1. The van der Waals surface area contributed by atoms with E-state index < -0.39 is 0 Å². The third kappa shape index (κ3) is 3.83. The zero-order valence-corrected chi connectivity index (χ0v) is 20.7. The average Bonchev–Trinajstić information content (AvgIpc) is 3.31. The molecule has 0 amide bonds. The number of rotatable bonds is 4. The predicted octanol–water partition coefficient (Wildman–Crippen LogP) is 6.33. The van der Waals surface area contributed by atoms with Gasteiger partial charge in [-0.3, -0.25) is 4.98 Å². The van der Waals surface area contributed by atoms with Crippen molar-refractivity contribution in [2.24, 2.45) is 0 Å². The van der Waals surface area contributed by atoms with Crippen LogP contribution in [-0.4, -0.2) is 19.8 Å². The van der Waals surface area contributed by atoms with Gasteiger partial charge in [0.1, 0.15) is 5.75 Å². The van der Waals surface area contributed by atoms with Crippen LogP contribution in [-0.2, 0) is 0 Å². The van der Waals surface area contributed by atoms with Crippen LogP contribution in [0.5, 0.6) is 5.75 Å². The Hall–Kier alpha value is -3.35.